The van der Waals surface area contributed by atoms with Gasteiger partial charge in [-0.15, -0.1) is 0 Å². The van der Waals surface area contributed by atoms with E-state index < -0.39 is 0 Å². The number of anilines is 1. The fraction of sp³-hybridized carbons (Fsp3) is 0.0476. The van der Waals surface area contributed by atoms with Gasteiger partial charge in [0.1, 0.15) is 0 Å². The number of nitrogen functional groups attached to an aromatic ring is 1. The van der Waals surface area contributed by atoms with Crippen molar-refractivity contribution in [2.75, 3.05) is 5.73 Å². The van der Waals surface area contributed by atoms with Crippen molar-refractivity contribution in [1.29, 1.82) is 0 Å². The van der Waals surface area contributed by atoms with Crippen LogP contribution in [0.2, 0.25) is 0 Å². The summed E-state index contributed by atoms with van der Waals surface area (Å²) in [5, 5.41) is 0. The Bertz CT molecular complexity index is 814. The van der Waals surface area contributed by atoms with Crippen LogP contribution in [0.25, 0.3) is 28.3 Å². The number of hydrogen-bond acceptors (Lipinski definition) is 1. The third-order valence-electron chi connectivity index (χ3n) is 3.86. The maximum atomic E-state index is 6.28. The third kappa shape index (κ3) is 2.66. The summed E-state index contributed by atoms with van der Waals surface area (Å²) in [5.41, 5.74) is 14.0. The second kappa shape index (κ2) is 5.90. The summed E-state index contributed by atoms with van der Waals surface area (Å²) in [4.78, 5) is 0. The van der Waals surface area contributed by atoms with Crippen molar-refractivity contribution in [3.8, 4) is 22.3 Å². The van der Waals surface area contributed by atoms with Gasteiger partial charge in [-0.3, -0.25) is 0 Å². The molecule has 0 unspecified atom stereocenters. The van der Waals surface area contributed by atoms with Crippen molar-refractivity contribution in [1.82, 2.24) is 0 Å². The number of nitrogens with two attached hydrogens (primary N) is 1. The van der Waals surface area contributed by atoms with Crippen molar-refractivity contribution in [2.24, 2.45) is 0 Å². The molecule has 0 saturated carbocycles. The molecule has 108 valence electrons. The quantitative estimate of drug-likeness (QED) is 0.627. The van der Waals surface area contributed by atoms with Gasteiger partial charge in [-0.1, -0.05) is 78.9 Å². The maximum absolute atomic E-state index is 6.28. The van der Waals surface area contributed by atoms with Crippen LogP contribution < -0.4 is 5.73 Å². The Labute approximate surface area is 131 Å². The summed E-state index contributed by atoms with van der Waals surface area (Å²) in [5.74, 6) is 0. The summed E-state index contributed by atoms with van der Waals surface area (Å²) in [6.45, 7) is 5.91. The Balaban J connectivity index is 2.20. The van der Waals surface area contributed by atoms with Crippen LogP contribution in [0.3, 0.4) is 0 Å². The average molecular weight is 285 g/mol. The molecule has 0 aliphatic rings. The van der Waals surface area contributed by atoms with Crippen LogP contribution in [-0.4, -0.2) is 0 Å². The fourth-order valence-corrected chi connectivity index (χ4v) is 2.73. The van der Waals surface area contributed by atoms with Crippen LogP contribution in [0.5, 0.6) is 0 Å². The lowest BCUT2D eigenvalue weighted by Gasteiger charge is -2.14. The van der Waals surface area contributed by atoms with E-state index in [0.29, 0.717) is 0 Å². The van der Waals surface area contributed by atoms with E-state index in [2.05, 4.69) is 68.1 Å². The van der Waals surface area contributed by atoms with Gasteiger partial charge in [-0.25, -0.2) is 0 Å². The van der Waals surface area contributed by atoms with E-state index in [4.69, 9.17) is 5.73 Å². The first kappa shape index (κ1) is 14.2. The van der Waals surface area contributed by atoms with Crippen LogP contribution in [0.4, 0.5) is 5.69 Å². The van der Waals surface area contributed by atoms with E-state index >= 15 is 0 Å². The van der Waals surface area contributed by atoms with Gasteiger partial charge in [-0.2, -0.15) is 0 Å². The van der Waals surface area contributed by atoms with Crippen LogP contribution in [-0.2, 0) is 0 Å². The topological polar surface area (TPSA) is 26.0 Å². The van der Waals surface area contributed by atoms with Gasteiger partial charge in [-0.05, 0) is 35.2 Å². The van der Waals surface area contributed by atoms with Crippen LogP contribution >= 0.6 is 0 Å². The van der Waals surface area contributed by atoms with E-state index in [1.54, 1.807) is 0 Å². The first-order valence-electron chi connectivity index (χ1n) is 7.37. The predicted octanol–water partition coefficient (Wildman–Crippen LogP) is 5.55. The molecule has 0 radical (unpaired) electrons. The molecule has 0 aliphatic heterocycles. The van der Waals surface area contributed by atoms with Gasteiger partial charge >= 0.3 is 0 Å². The number of hydrogen-bond donors (Lipinski definition) is 1. The fourth-order valence-electron chi connectivity index (χ4n) is 2.73. The van der Waals surface area contributed by atoms with Crippen molar-refractivity contribution in [2.45, 2.75) is 6.92 Å². The molecule has 3 aromatic carbocycles. The molecule has 0 heterocycles. The molecular weight excluding hydrogens is 266 g/mol. The van der Waals surface area contributed by atoms with Crippen LogP contribution in [0, 0.1) is 6.92 Å². The van der Waals surface area contributed by atoms with Gasteiger partial charge in [0.25, 0.3) is 0 Å². The highest BCUT2D eigenvalue weighted by Gasteiger charge is 2.10. The summed E-state index contributed by atoms with van der Waals surface area (Å²) in [6.07, 6.45) is 1.85. The molecule has 22 heavy (non-hydrogen) atoms. The normalized spacial score (nSPS) is 10.4. The van der Waals surface area contributed by atoms with Crippen molar-refractivity contribution < 1.29 is 0 Å². The lowest BCUT2D eigenvalue weighted by Crippen LogP contribution is -1.93. The summed E-state index contributed by atoms with van der Waals surface area (Å²) >= 11 is 0. The zero-order chi connectivity index (χ0) is 15.5. The predicted molar refractivity (Wildman–Crippen MR) is 96.6 cm³/mol. The lowest BCUT2D eigenvalue weighted by atomic mass is 9.92. The highest BCUT2D eigenvalue weighted by atomic mass is 14.6. The third-order valence-corrected chi connectivity index (χ3v) is 3.86. The molecule has 0 spiro atoms. The van der Waals surface area contributed by atoms with Crippen LogP contribution in [0.1, 0.15) is 11.1 Å². The van der Waals surface area contributed by atoms with Gasteiger partial charge < -0.3 is 5.73 Å². The minimum absolute atomic E-state index is 0.797. The summed E-state index contributed by atoms with van der Waals surface area (Å²) < 4.78 is 0. The molecule has 1 nitrogen and oxygen atoms in total. The molecule has 3 rings (SSSR count). The summed E-state index contributed by atoms with van der Waals surface area (Å²) in [7, 11) is 0. The second-order valence-corrected chi connectivity index (χ2v) is 5.47. The lowest BCUT2D eigenvalue weighted by molar-refractivity contribution is 1.46. The highest BCUT2D eigenvalue weighted by Crippen LogP contribution is 2.36. The average Bonchev–Trinajstić information content (AvgIpc) is 2.55. The van der Waals surface area contributed by atoms with Crippen molar-refractivity contribution in [3.05, 3.63) is 84.4 Å². The van der Waals surface area contributed by atoms with Crippen LogP contribution in [0.15, 0.2) is 73.3 Å². The Hall–Kier alpha value is -2.80. The first-order chi connectivity index (χ1) is 10.7. The SMILES string of the molecule is C=Cc1ccc(-c2c(N)cccc2-c2cccc(C)c2)cc1. The number of benzene rings is 3. The molecule has 0 aliphatic carbocycles. The van der Waals surface area contributed by atoms with Gasteiger partial charge in [0, 0.05) is 11.3 Å². The zero-order valence-corrected chi connectivity index (χ0v) is 12.7. The molecule has 3 aromatic rings. The molecule has 0 aromatic heterocycles. The van der Waals surface area contributed by atoms with E-state index in [0.717, 1.165) is 27.9 Å². The smallest absolute Gasteiger partial charge is 0.0400 e. The van der Waals surface area contributed by atoms with E-state index in [1.165, 1.54) is 11.1 Å². The monoisotopic (exact) mass is 285 g/mol. The van der Waals surface area contributed by atoms with E-state index in [-0.39, 0.29) is 0 Å². The van der Waals surface area contributed by atoms with Gasteiger partial charge in [0.05, 0.1) is 0 Å². The molecule has 0 amide bonds. The molecule has 0 fully saturated rings. The molecule has 0 bridgehead atoms. The Kier molecular flexibility index (Phi) is 3.80. The van der Waals surface area contributed by atoms with E-state index in [1.807, 2.05) is 18.2 Å². The van der Waals surface area contributed by atoms with E-state index in [9.17, 15) is 0 Å². The first-order valence-corrected chi connectivity index (χ1v) is 7.37. The molecular formula is C21H19N. The van der Waals surface area contributed by atoms with Crippen molar-refractivity contribution in [3.63, 3.8) is 0 Å². The number of aryl methyl sites for hydroxylation is 1. The van der Waals surface area contributed by atoms with Gasteiger partial charge in [0.2, 0.25) is 0 Å². The Morgan fingerprint density at radius 3 is 2.27 bits per heavy atom. The summed E-state index contributed by atoms with van der Waals surface area (Å²) in [6, 6.07) is 22.9. The molecule has 1 heteroatoms. The zero-order valence-electron chi connectivity index (χ0n) is 12.7. The highest BCUT2D eigenvalue weighted by molar-refractivity contribution is 5.91. The molecule has 2 N–H and O–H groups in total. The Morgan fingerprint density at radius 2 is 1.59 bits per heavy atom. The standard InChI is InChI=1S/C21H19N/c1-3-16-10-12-17(13-11-16)21-19(8-5-9-20(21)22)18-7-4-6-15(2)14-18/h3-14H,1,22H2,2H3. The molecule has 0 saturated heterocycles. The number of rotatable bonds is 3. The van der Waals surface area contributed by atoms with Crippen molar-refractivity contribution >= 4 is 11.8 Å². The molecule has 0 atom stereocenters. The minimum Gasteiger partial charge on any atom is -0.398 e. The minimum atomic E-state index is 0.797. The largest absolute Gasteiger partial charge is 0.398 e. The Morgan fingerprint density at radius 1 is 0.864 bits per heavy atom. The van der Waals surface area contributed by atoms with Gasteiger partial charge in [0.15, 0.2) is 0 Å². The maximum Gasteiger partial charge on any atom is 0.0400 e. The second-order valence-electron chi connectivity index (χ2n) is 5.47.